The second-order valence-corrected chi connectivity index (χ2v) is 4.22. The van der Waals surface area contributed by atoms with E-state index >= 15 is 0 Å². The number of nitrogens with one attached hydrogen (secondary N) is 1. The van der Waals surface area contributed by atoms with Crippen LogP contribution in [0.25, 0.3) is 0 Å². The van der Waals surface area contributed by atoms with Gasteiger partial charge >= 0.3 is 5.97 Å². The monoisotopic (exact) mass is 212 g/mol. The van der Waals surface area contributed by atoms with Crippen LogP contribution in [0.15, 0.2) is 0 Å². The Labute approximate surface area is 88.4 Å². The number of hydrogen-bond donors (Lipinski definition) is 2. The maximum absolute atomic E-state index is 12.0. The Kier molecular flexibility index (Phi) is 2.90. The van der Waals surface area contributed by atoms with Crippen LogP contribution in [-0.4, -0.2) is 47.6 Å². The summed E-state index contributed by atoms with van der Waals surface area (Å²) in [6.07, 6.45) is 2.24. The smallest absolute Gasteiger partial charge is 0.326 e. The first kappa shape index (κ1) is 10.4. The van der Waals surface area contributed by atoms with Crippen molar-refractivity contribution in [1.82, 2.24) is 10.2 Å². The standard InChI is InChI=1S/C10H16N2O3/c13-9(7-3-4-11-6-7)12-5-1-2-8(12)10(14)15/h7-8,11H,1-6H2,(H,14,15)/t7?,8-/m0/s1. The van der Waals surface area contributed by atoms with Crippen LogP contribution in [0, 0.1) is 5.92 Å². The number of likely N-dealkylation sites (tertiary alicyclic amines) is 1. The van der Waals surface area contributed by atoms with E-state index in [9.17, 15) is 9.59 Å². The molecule has 1 amide bonds. The zero-order chi connectivity index (χ0) is 10.8. The number of carbonyl (C=O) groups excluding carboxylic acids is 1. The molecule has 0 aromatic rings. The third kappa shape index (κ3) is 1.97. The second kappa shape index (κ2) is 4.18. The van der Waals surface area contributed by atoms with Crippen LogP contribution in [0.3, 0.4) is 0 Å². The fourth-order valence-corrected chi connectivity index (χ4v) is 2.39. The highest BCUT2D eigenvalue weighted by Gasteiger charge is 2.37. The van der Waals surface area contributed by atoms with Gasteiger partial charge in [-0.25, -0.2) is 4.79 Å². The first-order valence-corrected chi connectivity index (χ1v) is 5.44. The maximum Gasteiger partial charge on any atom is 0.326 e. The highest BCUT2D eigenvalue weighted by atomic mass is 16.4. The van der Waals surface area contributed by atoms with Crippen LogP contribution >= 0.6 is 0 Å². The Morgan fingerprint density at radius 3 is 2.73 bits per heavy atom. The summed E-state index contributed by atoms with van der Waals surface area (Å²) in [6.45, 7) is 2.16. The summed E-state index contributed by atoms with van der Waals surface area (Å²) >= 11 is 0. The van der Waals surface area contributed by atoms with Gasteiger partial charge in [0.1, 0.15) is 6.04 Å². The molecular weight excluding hydrogens is 196 g/mol. The highest BCUT2D eigenvalue weighted by molar-refractivity contribution is 5.86. The van der Waals surface area contributed by atoms with Gasteiger partial charge in [0.2, 0.25) is 5.91 Å². The van der Waals surface area contributed by atoms with Gasteiger partial charge in [0, 0.05) is 13.1 Å². The molecule has 5 heteroatoms. The lowest BCUT2D eigenvalue weighted by molar-refractivity contribution is -0.149. The minimum Gasteiger partial charge on any atom is -0.480 e. The Bertz CT molecular complexity index is 274. The van der Waals surface area contributed by atoms with Crippen molar-refractivity contribution in [3.8, 4) is 0 Å². The Morgan fingerprint density at radius 2 is 2.13 bits per heavy atom. The lowest BCUT2D eigenvalue weighted by Crippen LogP contribution is -2.43. The summed E-state index contributed by atoms with van der Waals surface area (Å²) in [4.78, 5) is 24.4. The summed E-state index contributed by atoms with van der Waals surface area (Å²) in [6, 6.07) is -0.585. The number of amides is 1. The molecule has 5 nitrogen and oxygen atoms in total. The molecule has 0 radical (unpaired) electrons. The van der Waals surface area contributed by atoms with Crippen molar-refractivity contribution in [2.75, 3.05) is 19.6 Å². The van der Waals surface area contributed by atoms with Gasteiger partial charge in [0.25, 0.3) is 0 Å². The van der Waals surface area contributed by atoms with Crippen molar-refractivity contribution in [2.45, 2.75) is 25.3 Å². The molecule has 0 aromatic heterocycles. The van der Waals surface area contributed by atoms with Crippen LogP contribution in [0.1, 0.15) is 19.3 Å². The summed E-state index contributed by atoms with van der Waals surface area (Å²) in [7, 11) is 0. The topological polar surface area (TPSA) is 69.6 Å². The molecule has 1 unspecified atom stereocenters. The molecule has 0 bridgehead atoms. The molecule has 84 valence electrons. The van der Waals surface area contributed by atoms with E-state index in [0.29, 0.717) is 19.5 Å². The normalized spacial score (nSPS) is 30.8. The van der Waals surface area contributed by atoms with Crippen LogP contribution in [0.4, 0.5) is 0 Å². The lowest BCUT2D eigenvalue weighted by atomic mass is 10.1. The van der Waals surface area contributed by atoms with Gasteiger partial charge in [-0.15, -0.1) is 0 Å². The minimum atomic E-state index is -0.869. The van der Waals surface area contributed by atoms with Gasteiger partial charge in [0.15, 0.2) is 0 Å². The van der Waals surface area contributed by atoms with Crippen LogP contribution in [0.5, 0.6) is 0 Å². The van der Waals surface area contributed by atoms with Gasteiger partial charge in [-0.05, 0) is 25.8 Å². The van der Waals surface area contributed by atoms with E-state index in [1.54, 1.807) is 4.90 Å². The van der Waals surface area contributed by atoms with Gasteiger partial charge in [-0.2, -0.15) is 0 Å². The van der Waals surface area contributed by atoms with E-state index in [1.165, 1.54) is 0 Å². The fraction of sp³-hybridized carbons (Fsp3) is 0.800. The molecule has 2 N–H and O–H groups in total. The molecule has 2 rings (SSSR count). The third-order valence-corrected chi connectivity index (χ3v) is 3.23. The van der Waals surface area contributed by atoms with Crippen LogP contribution in [-0.2, 0) is 9.59 Å². The van der Waals surface area contributed by atoms with Gasteiger partial charge in [-0.3, -0.25) is 4.79 Å². The van der Waals surface area contributed by atoms with Crippen molar-refractivity contribution in [2.24, 2.45) is 5.92 Å². The van der Waals surface area contributed by atoms with Crippen molar-refractivity contribution >= 4 is 11.9 Å². The van der Waals surface area contributed by atoms with Crippen molar-refractivity contribution in [3.05, 3.63) is 0 Å². The minimum absolute atomic E-state index is 0.00931. The van der Waals surface area contributed by atoms with E-state index in [1.807, 2.05) is 0 Å². The third-order valence-electron chi connectivity index (χ3n) is 3.23. The number of rotatable bonds is 2. The molecule has 2 saturated heterocycles. The number of hydrogen-bond acceptors (Lipinski definition) is 3. The largest absolute Gasteiger partial charge is 0.480 e. The van der Waals surface area contributed by atoms with Gasteiger partial charge in [0.05, 0.1) is 5.92 Å². The van der Waals surface area contributed by atoms with E-state index < -0.39 is 12.0 Å². The first-order chi connectivity index (χ1) is 7.20. The van der Waals surface area contributed by atoms with Crippen LogP contribution < -0.4 is 5.32 Å². The first-order valence-electron chi connectivity index (χ1n) is 5.44. The molecule has 0 aliphatic carbocycles. The summed E-state index contributed by atoms with van der Waals surface area (Å²) < 4.78 is 0. The van der Waals surface area contributed by atoms with Gasteiger partial charge < -0.3 is 15.3 Å². The number of aliphatic carboxylic acids is 1. The van der Waals surface area contributed by atoms with Crippen molar-refractivity contribution < 1.29 is 14.7 Å². The lowest BCUT2D eigenvalue weighted by Gasteiger charge is -2.24. The second-order valence-electron chi connectivity index (χ2n) is 4.22. The van der Waals surface area contributed by atoms with E-state index in [-0.39, 0.29) is 11.8 Å². The zero-order valence-electron chi connectivity index (χ0n) is 8.61. The maximum atomic E-state index is 12.0. The molecule has 2 aliphatic heterocycles. The van der Waals surface area contributed by atoms with Gasteiger partial charge in [-0.1, -0.05) is 0 Å². The summed E-state index contributed by atoms with van der Waals surface area (Å²) in [5, 5.41) is 12.1. The SMILES string of the molecule is O=C(O)[C@@H]1CCCN1C(=O)C1CCNC1. The fourth-order valence-electron chi connectivity index (χ4n) is 2.39. The predicted molar refractivity (Wildman–Crippen MR) is 53.3 cm³/mol. The summed E-state index contributed by atoms with van der Waals surface area (Å²) in [5.41, 5.74) is 0. The number of carboxylic acid groups (broad SMARTS) is 1. The average Bonchev–Trinajstić information content (AvgIpc) is 2.88. The molecule has 2 heterocycles. The molecule has 0 saturated carbocycles. The Morgan fingerprint density at radius 1 is 1.33 bits per heavy atom. The quantitative estimate of drug-likeness (QED) is 0.657. The molecular formula is C10H16N2O3. The van der Waals surface area contributed by atoms with Crippen molar-refractivity contribution in [1.29, 1.82) is 0 Å². The predicted octanol–water partition coefficient (Wildman–Crippen LogP) is -0.329. The Hall–Kier alpha value is -1.10. The van der Waals surface area contributed by atoms with Crippen molar-refractivity contribution in [3.63, 3.8) is 0 Å². The van der Waals surface area contributed by atoms with E-state index in [0.717, 1.165) is 19.4 Å². The average molecular weight is 212 g/mol. The van der Waals surface area contributed by atoms with E-state index in [2.05, 4.69) is 5.32 Å². The van der Waals surface area contributed by atoms with Crippen LogP contribution in [0.2, 0.25) is 0 Å². The highest BCUT2D eigenvalue weighted by Crippen LogP contribution is 2.22. The number of carbonyl (C=O) groups is 2. The Balaban J connectivity index is 2.02. The number of carboxylic acids is 1. The zero-order valence-corrected chi connectivity index (χ0v) is 8.61. The molecule has 0 spiro atoms. The number of nitrogens with zero attached hydrogens (tertiary/aromatic N) is 1. The molecule has 15 heavy (non-hydrogen) atoms. The molecule has 2 aliphatic rings. The molecule has 2 fully saturated rings. The molecule has 2 atom stereocenters. The van der Waals surface area contributed by atoms with E-state index in [4.69, 9.17) is 5.11 Å². The molecule has 0 aromatic carbocycles. The summed E-state index contributed by atoms with van der Waals surface area (Å²) in [5.74, 6) is -0.860.